The number of rotatable bonds is 8. The van der Waals surface area contributed by atoms with Crippen LogP contribution in [0.5, 0.6) is 0 Å². The van der Waals surface area contributed by atoms with E-state index in [1.54, 1.807) is 0 Å². The van der Waals surface area contributed by atoms with Crippen molar-refractivity contribution in [3.05, 3.63) is 29.8 Å². The van der Waals surface area contributed by atoms with E-state index in [1.165, 1.54) is 0 Å². The largest absolute Gasteiger partial charge is 0.348 e. The number of para-hydroxylation sites is 1. The van der Waals surface area contributed by atoms with E-state index in [-0.39, 0.29) is 17.9 Å². The van der Waals surface area contributed by atoms with Crippen LogP contribution in [0.4, 0.5) is 5.69 Å². The van der Waals surface area contributed by atoms with Gasteiger partial charge >= 0.3 is 0 Å². The fourth-order valence-electron chi connectivity index (χ4n) is 2.64. The van der Waals surface area contributed by atoms with E-state index >= 15 is 0 Å². The number of amides is 2. The molecule has 5 nitrogen and oxygen atoms in total. The molecule has 1 aromatic carbocycles. The lowest BCUT2D eigenvalue weighted by molar-refractivity contribution is -0.885. The Morgan fingerprint density at radius 1 is 1.25 bits per heavy atom. The quantitative estimate of drug-likeness (QED) is 0.672. The maximum atomic E-state index is 12.6. The highest BCUT2D eigenvalue weighted by molar-refractivity contribution is 5.94. The molecule has 0 saturated heterocycles. The molecule has 5 heteroatoms. The van der Waals surface area contributed by atoms with E-state index < -0.39 is 0 Å². The van der Waals surface area contributed by atoms with Crippen molar-refractivity contribution < 1.29 is 14.5 Å². The van der Waals surface area contributed by atoms with Gasteiger partial charge in [-0.25, -0.2) is 0 Å². The lowest BCUT2D eigenvalue weighted by Crippen LogP contribution is -3.15. The molecule has 132 valence electrons. The van der Waals surface area contributed by atoms with Crippen molar-refractivity contribution >= 4 is 17.5 Å². The standard InChI is InChI=1S/C19H29N3O2/c1-5-13(2)16-8-6-7-9-17(16)21-19(24)14(3)22(4)12-18(23)20-15-10-11-15/h6-9,13-15H,5,10-12H2,1-4H3,(H,20,23)(H,21,24)/p+1/t13-,14-/m0/s1. The second-order valence-corrected chi connectivity index (χ2v) is 6.97. The maximum Gasteiger partial charge on any atom is 0.282 e. The Bertz CT molecular complexity index is 584. The molecule has 1 aromatic rings. The van der Waals surface area contributed by atoms with E-state index in [0.29, 0.717) is 18.5 Å². The number of hydrogen-bond acceptors (Lipinski definition) is 2. The Balaban J connectivity index is 1.94. The average Bonchev–Trinajstić information content (AvgIpc) is 3.37. The van der Waals surface area contributed by atoms with E-state index in [1.807, 2.05) is 32.2 Å². The van der Waals surface area contributed by atoms with Gasteiger partial charge in [-0.3, -0.25) is 9.59 Å². The number of carbonyl (C=O) groups excluding carboxylic acids is 2. The number of hydrogen-bond donors (Lipinski definition) is 3. The van der Waals surface area contributed by atoms with Gasteiger partial charge in [-0.15, -0.1) is 0 Å². The minimum atomic E-state index is -0.292. The lowest BCUT2D eigenvalue weighted by atomic mass is 9.97. The molecule has 1 unspecified atom stereocenters. The van der Waals surface area contributed by atoms with Crippen molar-refractivity contribution in [1.82, 2.24) is 5.32 Å². The molecular weight excluding hydrogens is 302 g/mol. The van der Waals surface area contributed by atoms with Gasteiger partial charge in [-0.05, 0) is 43.7 Å². The summed E-state index contributed by atoms with van der Waals surface area (Å²) in [5.41, 5.74) is 2.03. The molecule has 0 bridgehead atoms. The highest BCUT2D eigenvalue weighted by atomic mass is 16.2. The fraction of sp³-hybridized carbons (Fsp3) is 0.579. The normalized spacial score (nSPS) is 17.7. The zero-order valence-corrected chi connectivity index (χ0v) is 15.2. The Morgan fingerprint density at radius 2 is 1.92 bits per heavy atom. The van der Waals surface area contributed by atoms with Gasteiger partial charge in [-0.1, -0.05) is 32.0 Å². The van der Waals surface area contributed by atoms with Gasteiger partial charge in [0, 0.05) is 11.7 Å². The van der Waals surface area contributed by atoms with Crippen molar-refractivity contribution in [2.45, 2.75) is 58.0 Å². The lowest BCUT2D eigenvalue weighted by Gasteiger charge is -2.22. The van der Waals surface area contributed by atoms with Crippen LogP contribution in [0.15, 0.2) is 24.3 Å². The Labute approximate surface area is 144 Å². The second-order valence-electron chi connectivity index (χ2n) is 6.97. The van der Waals surface area contributed by atoms with Crippen LogP contribution >= 0.6 is 0 Å². The number of nitrogens with one attached hydrogen (secondary N) is 3. The molecule has 0 aliphatic heterocycles. The summed E-state index contributed by atoms with van der Waals surface area (Å²) in [6.07, 6.45) is 3.18. The van der Waals surface area contributed by atoms with Crippen molar-refractivity contribution in [1.29, 1.82) is 0 Å². The molecule has 1 saturated carbocycles. The van der Waals surface area contributed by atoms with Crippen molar-refractivity contribution in [2.75, 3.05) is 18.9 Å². The van der Waals surface area contributed by atoms with Crippen LogP contribution in [0.2, 0.25) is 0 Å². The van der Waals surface area contributed by atoms with E-state index in [4.69, 9.17) is 0 Å². The molecule has 1 aliphatic carbocycles. The summed E-state index contributed by atoms with van der Waals surface area (Å²) >= 11 is 0. The summed E-state index contributed by atoms with van der Waals surface area (Å²) in [5, 5.41) is 6.01. The van der Waals surface area contributed by atoms with Crippen molar-refractivity contribution in [2.24, 2.45) is 0 Å². The number of likely N-dealkylation sites (N-methyl/N-ethyl adjacent to an activating group) is 1. The predicted molar refractivity (Wildman–Crippen MR) is 96.2 cm³/mol. The highest BCUT2D eigenvalue weighted by Gasteiger charge is 2.28. The van der Waals surface area contributed by atoms with Crippen LogP contribution in [0.1, 0.15) is 51.5 Å². The van der Waals surface area contributed by atoms with E-state index in [2.05, 4.69) is 30.5 Å². The van der Waals surface area contributed by atoms with Crippen molar-refractivity contribution in [3.8, 4) is 0 Å². The molecule has 0 aromatic heterocycles. The molecule has 0 spiro atoms. The average molecular weight is 332 g/mol. The predicted octanol–water partition coefficient (Wildman–Crippen LogP) is 1.32. The third-order valence-corrected chi connectivity index (χ3v) is 4.88. The van der Waals surface area contributed by atoms with E-state index in [0.717, 1.165) is 35.4 Å². The molecule has 2 amide bonds. The highest BCUT2D eigenvalue weighted by Crippen LogP contribution is 2.26. The molecule has 3 N–H and O–H groups in total. The first kappa shape index (κ1) is 18.5. The van der Waals surface area contributed by atoms with Gasteiger partial charge in [0.05, 0.1) is 7.05 Å². The number of carbonyl (C=O) groups is 2. The van der Waals surface area contributed by atoms with Gasteiger partial charge < -0.3 is 15.5 Å². The van der Waals surface area contributed by atoms with Gasteiger partial charge in [0.15, 0.2) is 12.6 Å². The molecule has 0 heterocycles. The van der Waals surface area contributed by atoms with Crippen LogP contribution in [0, 0.1) is 0 Å². The molecule has 3 atom stereocenters. The molecule has 2 rings (SSSR count). The van der Waals surface area contributed by atoms with Crippen molar-refractivity contribution in [3.63, 3.8) is 0 Å². The smallest absolute Gasteiger partial charge is 0.282 e. The first-order valence-corrected chi connectivity index (χ1v) is 8.93. The first-order valence-electron chi connectivity index (χ1n) is 8.93. The monoisotopic (exact) mass is 332 g/mol. The molecule has 0 radical (unpaired) electrons. The third kappa shape index (κ3) is 5.06. The zero-order valence-electron chi connectivity index (χ0n) is 15.2. The number of benzene rings is 1. The molecule has 1 fully saturated rings. The Morgan fingerprint density at radius 3 is 2.54 bits per heavy atom. The second kappa shape index (κ2) is 8.29. The van der Waals surface area contributed by atoms with Gasteiger partial charge in [0.2, 0.25) is 0 Å². The van der Waals surface area contributed by atoms with Crippen LogP contribution < -0.4 is 15.5 Å². The maximum absolute atomic E-state index is 12.6. The summed E-state index contributed by atoms with van der Waals surface area (Å²) < 4.78 is 0. The third-order valence-electron chi connectivity index (χ3n) is 4.88. The number of anilines is 1. The van der Waals surface area contributed by atoms with Crippen LogP contribution in [-0.4, -0.2) is 37.5 Å². The summed E-state index contributed by atoms with van der Waals surface area (Å²) in [6, 6.07) is 8.01. The van der Waals surface area contributed by atoms with Crippen LogP contribution in [0.3, 0.4) is 0 Å². The SMILES string of the molecule is CC[C@H](C)c1ccccc1NC(=O)[C@H](C)[NH+](C)CC(=O)NC1CC1. The Hall–Kier alpha value is -1.88. The van der Waals surface area contributed by atoms with Gasteiger partial charge in [0.1, 0.15) is 0 Å². The molecular formula is C19H30N3O2+. The Kier molecular flexibility index (Phi) is 6.37. The van der Waals surface area contributed by atoms with Gasteiger partial charge in [-0.2, -0.15) is 0 Å². The van der Waals surface area contributed by atoms with Crippen LogP contribution in [0.25, 0.3) is 0 Å². The van der Waals surface area contributed by atoms with Gasteiger partial charge in [0.25, 0.3) is 11.8 Å². The summed E-state index contributed by atoms with van der Waals surface area (Å²) in [5.74, 6) is 0.364. The fourth-order valence-corrected chi connectivity index (χ4v) is 2.64. The molecule has 1 aliphatic rings. The van der Waals surface area contributed by atoms with E-state index in [9.17, 15) is 9.59 Å². The minimum Gasteiger partial charge on any atom is -0.348 e. The minimum absolute atomic E-state index is 0.0228. The summed E-state index contributed by atoms with van der Waals surface area (Å²) in [4.78, 5) is 25.4. The first-order chi connectivity index (χ1) is 11.4. The van der Waals surface area contributed by atoms with Crippen LogP contribution in [-0.2, 0) is 9.59 Å². The molecule has 24 heavy (non-hydrogen) atoms. The summed E-state index contributed by atoms with van der Waals surface area (Å²) in [6.45, 7) is 6.48. The zero-order chi connectivity index (χ0) is 17.7. The number of quaternary nitrogens is 1. The summed E-state index contributed by atoms with van der Waals surface area (Å²) in [7, 11) is 1.89. The topological polar surface area (TPSA) is 62.6 Å².